The second kappa shape index (κ2) is 6.30. The average molecular weight is 271 g/mol. The molecule has 1 atom stereocenters. The van der Waals surface area contributed by atoms with E-state index in [9.17, 15) is 9.59 Å². The highest BCUT2D eigenvalue weighted by Gasteiger charge is 2.19. The van der Waals surface area contributed by atoms with Crippen LogP contribution in [0.3, 0.4) is 0 Å². The molecule has 0 spiro atoms. The van der Waals surface area contributed by atoms with Crippen LogP contribution in [0.25, 0.3) is 0 Å². The van der Waals surface area contributed by atoms with Crippen LogP contribution in [-0.2, 0) is 4.79 Å². The summed E-state index contributed by atoms with van der Waals surface area (Å²) in [4.78, 5) is 24.7. The first-order chi connectivity index (χ1) is 8.45. The van der Waals surface area contributed by atoms with E-state index in [1.807, 2.05) is 0 Å². The molecule has 1 aromatic rings. The zero-order valence-corrected chi connectivity index (χ0v) is 11.2. The molecule has 0 radical (unpaired) electrons. The zero-order chi connectivity index (χ0) is 13.7. The van der Waals surface area contributed by atoms with Crippen molar-refractivity contribution in [3.63, 3.8) is 0 Å². The Labute approximate surface area is 110 Å². The van der Waals surface area contributed by atoms with E-state index in [0.717, 1.165) is 0 Å². The van der Waals surface area contributed by atoms with Crippen LogP contribution in [0.2, 0.25) is 5.15 Å². The molecule has 1 rings (SSSR count). The van der Waals surface area contributed by atoms with Crippen molar-refractivity contribution in [2.24, 2.45) is 5.92 Å². The van der Waals surface area contributed by atoms with Gasteiger partial charge in [-0.15, -0.1) is 10.2 Å². The molecule has 0 aromatic carbocycles. The summed E-state index contributed by atoms with van der Waals surface area (Å²) in [5.41, 5.74) is 0.200. The predicted molar refractivity (Wildman–Crippen MR) is 67.2 cm³/mol. The van der Waals surface area contributed by atoms with Crippen molar-refractivity contribution >= 4 is 23.4 Å². The molecular weight excluding hydrogens is 256 g/mol. The maximum atomic E-state index is 12.0. The second-order valence-corrected chi connectivity index (χ2v) is 4.33. The van der Waals surface area contributed by atoms with Crippen molar-refractivity contribution < 1.29 is 9.59 Å². The molecule has 1 aromatic heterocycles. The Balaban J connectivity index is 2.67. The minimum Gasteiger partial charge on any atom is -0.359 e. The van der Waals surface area contributed by atoms with Gasteiger partial charge in [0.15, 0.2) is 10.8 Å². The van der Waals surface area contributed by atoms with E-state index in [1.54, 1.807) is 21.0 Å². The standard InChI is InChI=1S/C11H15ClN4O2/c1-7(10(17)13-2)6-16(3)11(18)8-4-5-9(12)15-14-8/h4-5,7H,6H2,1-3H3,(H,13,17). The normalized spacial score (nSPS) is 11.8. The van der Waals surface area contributed by atoms with E-state index in [0.29, 0.717) is 6.54 Å². The Kier molecular flexibility index (Phi) is 5.03. The minimum absolute atomic E-state index is 0.114. The maximum Gasteiger partial charge on any atom is 0.274 e. The molecule has 1 N–H and O–H groups in total. The molecule has 1 unspecified atom stereocenters. The van der Waals surface area contributed by atoms with E-state index in [1.165, 1.54) is 17.0 Å². The van der Waals surface area contributed by atoms with E-state index in [2.05, 4.69) is 15.5 Å². The van der Waals surface area contributed by atoms with Crippen molar-refractivity contribution in [2.75, 3.05) is 20.6 Å². The molecular formula is C11H15ClN4O2. The van der Waals surface area contributed by atoms with Crippen LogP contribution in [0, 0.1) is 5.92 Å². The molecule has 98 valence electrons. The molecule has 0 saturated heterocycles. The lowest BCUT2D eigenvalue weighted by molar-refractivity contribution is -0.124. The predicted octanol–water partition coefficient (Wildman–Crippen LogP) is 0.584. The number of aromatic nitrogens is 2. The van der Waals surface area contributed by atoms with Crippen molar-refractivity contribution in [3.05, 3.63) is 23.0 Å². The summed E-state index contributed by atoms with van der Waals surface area (Å²) in [6.45, 7) is 2.05. The van der Waals surface area contributed by atoms with Gasteiger partial charge in [0.25, 0.3) is 5.91 Å². The highest BCUT2D eigenvalue weighted by Crippen LogP contribution is 2.06. The largest absolute Gasteiger partial charge is 0.359 e. The zero-order valence-electron chi connectivity index (χ0n) is 10.5. The molecule has 1 heterocycles. The van der Waals surface area contributed by atoms with Gasteiger partial charge in [-0.2, -0.15) is 0 Å². The molecule has 18 heavy (non-hydrogen) atoms. The molecule has 2 amide bonds. The van der Waals surface area contributed by atoms with Crippen LogP contribution < -0.4 is 5.32 Å². The van der Waals surface area contributed by atoms with Gasteiger partial charge in [0.2, 0.25) is 5.91 Å². The van der Waals surface area contributed by atoms with Crippen LogP contribution in [0.5, 0.6) is 0 Å². The highest BCUT2D eigenvalue weighted by atomic mass is 35.5. The van der Waals surface area contributed by atoms with E-state index in [-0.39, 0.29) is 28.6 Å². The first kappa shape index (κ1) is 14.4. The van der Waals surface area contributed by atoms with Crippen molar-refractivity contribution in [2.45, 2.75) is 6.92 Å². The third kappa shape index (κ3) is 3.66. The summed E-state index contributed by atoms with van der Waals surface area (Å²) in [5.74, 6) is -0.698. The van der Waals surface area contributed by atoms with Gasteiger partial charge >= 0.3 is 0 Å². The Morgan fingerprint density at radius 3 is 2.61 bits per heavy atom. The number of carbonyl (C=O) groups is 2. The van der Waals surface area contributed by atoms with Crippen LogP contribution in [0.15, 0.2) is 12.1 Å². The monoisotopic (exact) mass is 270 g/mol. The summed E-state index contributed by atoms with van der Waals surface area (Å²) in [5, 5.41) is 10.1. The number of hydrogen-bond acceptors (Lipinski definition) is 4. The molecule has 7 heteroatoms. The molecule has 0 bridgehead atoms. The van der Waals surface area contributed by atoms with Crippen molar-refractivity contribution in [1.82, 2.24) is 20.4 Å². The van der Waals surface area contributed by atoms with Gasteiger partial charge in [-0.3, -0.25) is 9.59 Å². The third-order valence-corrected chi connectivity index (χ3v) is 2.64. The van der Waals surface area contributed by atoms with E-state index < -0.39 is 0 Å². The first-order valence-corrected chi connectivity index (χ1v) is 5.79. The van der Waals surface area contributed by atoms with Crippen molar-refractivity contribution in [3.8, 4) is 0 Å². The lowest BCUT2D eigenvalue weighted by Crippen LogP contribution is -2.37. The van der Waals surface area contributed by atoms with Gasteiger partial charge in [-0.25, -0.2) is 0 Å². The van der Waals surface area contributed by atoms with Crippen molar-refractivity contribution in [1.29, 1.82) is 0 Å². The maximum absolute atomic E-state index is 12.0. The van der Waals surface area contributed by atoms with Crippen LogP contribution in [-0.4, -0.2) is 47.6 Å². The van der Waals surface area contributed by atoms with Crippen LogP contribution in [0.1, 0.15) is 17.4 Å². The topological polar surface area (TPSA) is 75.2 Å². The Hall–Kier alpha value is -1.69. The van der Waals surface area contributed by atoms with Crippen LogP contribution >= 0.6 is 11.6 Å². The molecule has 0 aliphatic heterocycles. The lowest BCUT2D eigenvalue weighted by Gasteiger charge is -2.20. The SMILES string of the molecule is CNC(=O)C(C)CN(C)C(=O)c1ccc(Cl)nn1. The summed E-state index contributed by atoms with van der Waals surface area (Å²) in [7, 11) is 3.17. The van der Waals surface area contributed by atoms with Gasteiger partial charge in [-0.1, -0.05) is 18.5 Å². The van der Waals surface area contributed by atoms with E-state index >= 15 is 0 Å². The second-order valence-electron chi connectivity index (χ2n) is 3.94. The third-order valence-electron chi connectivity index (χ3n) is 2.44. The number of nitrogens with zero attached hydrogens (tertiary/aromatic N) is 3. The number of amides is 2. The summed E-state index contributed by atoms with van der Waals surface area (Å²) >= 11 is 5.59. The van der Waals surface area contributed by atoms with E-state index in [4.69, 9.17) is 11.6 Å². The number of hydrogen-bond donors (Lipinski definition) is 1. The van der Waals surface area contributed by atoms with Crippen LogP contribution in [0.4, 0.5) is 0 Å². The number of rotatable bonds is 4. The Morgan fingerprint density at radius 2 is 2.11 bits per heavy atom. The molecule has 0 saturated carbocycles. The van der Waals surface area contributed by atoms with Gasteiger partial charge in [0.05, 0.1) is 5.92 Å². The number of carbonyl (C=O) groups excluding carboxylic acids is 2. The smallest absolute Gasteiger partial charge is 0.274 e. The van der Waals surface area contributed by atoms with Gasteiger partial charge < -0.3 is 10.2 Å². The summed E-state index contributed by atoms with van der Waals surface area (Å²) in [6, 6.07) is 3.00. The average Bonchev–Trinajstić information content (AvgIpc) is 2.37. The number of nitrogens with one attached hydrogen (secondary N) is 1. The minimum atomic E-state index is -0.296. The molecule has 0 aliphatic rings. The van der Waals surface area contributed by atoms with Gasteiger partial charge in [0.1, 0.15) is 0 Å². The fraction of sp³-hybridized carbons (Fsp3) is 0.455. The Bertz CT molecular complexity index is 435. The van der Waals surface area contributed by atoms with Gasteiger partial charge in [0, 0.05) is 20.6 Å². The fourth-order valence-corrected chi connectivity index (χ4v) is 1.55. The summed E-state index contributed by atoms with van der Waals surface area (Å²) in [6.07, 6.45) is 0. The fourth-order valence-electron chi connectivity index (χ4n) is 1.45. The molecule has 0 aliphatic carbocycles. The Morgan fingerprint density at radius 1 is 1.44 bits per heavy atom. The quantitative estimate of drug-likeness (QED) is 0.869. The highest BCUT2D eigenvalue weighted by molar-refractivity contribution is 6.29. The number of halogens is 1. The molecule has 0 fully saturated rings. The van der Waals surface area contributed by atoms with Gasteiger partial charge in [-0.05, 0) is 12.1 Å². The summed E-state index contributed by atoms with van der Waals surface area (Å²) < 4.78 is 0. The molecule has 6 nitrogen and oxygen atoms in total. The first-order valence-electron chi connectivity index (χ1n) is 5.42. The lowest BCUT2D eigenvalue weighted by atomic mass is 10.1.